The lowest BCUT2D eigenvalue weighted by Gasteiger charge is -2.40. The third kappa shape index (κ3) is 3.31. The van der Waals surface area contributed by atoms with Crippen molar-refractivity contribution in [1.29, 1.82) is 0 Å². The molecule has 132 valence electrons. The Morgan fingerprint density at radius 2 is 1.92 bits per heavy atom. The van der Waals surface area contributed by atoms with Crippen molar-refractivity contribution < 1.29 is 18.8 Å². The van der Waals surface area contributed by atoms with Crippen molar-refractivity contribution in [2.75, 3.05) is 31.1 Å². The van der Waals surface area contributed by atoms with Crippen molar-refractivity contribution in [3.8, 4) is 0 Å². The lowest BCUT2D eigenvalue weighted by molar-refractivity contribution is -0.163. The molecule has 0 spiro atoms. The van der Waals surface area contributed by atoms with Gasteiger partial charge in [-0.3, -0.25) is 24.3 Å². The first-order chi connectivity index (χ1) is 12.0. The van der Waals surface area contributed by atoms with Gasteiger partial charge in [0.2, 0.25) is 5.91 Å². The van der Waals surface area contributed by atoms with E-state index in [2.05, 4.69) is 17.3 Å². The number of halogens is 1. The number of benzene rings is 1. The number of fused-ring (bicyclic) bond motifs is 1. The molecule has 0 aromatic heterocycles. The highest BCUT2D eigenvalue weighted by atomic mass is 19.1. The molecule has 0 bridgehead atoms. The van der Waals surface area contributed by atoms with Gasteiger partial charge in [0.05, 0.1) is 0 Å². The molecule has 2 fully saturated rings. The van der Waals surface area contributed by atoms with Gasteiger partial charge in [0, 0.05) is 25.3 Å². The fourth-order valence-electron chi connectivity index (χ4n) is 2.82. The number of carbonyl (C=O) groups excluding carboxylic acids is 3. The largest absolute Gasteiger partial charge is 0.351 e. The molecule has 2 aliphatic rings. The molecule has 2 aliphatic heterocycles. The summed E-state index contributed by atoms with van der Waals surface area (Å²) in [6, 6.07) is 5.85. The molecule has 25 heavy (non-hydrogen) atoms. The first kappa shape index (κ1) is 16.9. The number of amides is 3. The molecule has 1 aromatic carbocycles. The van der Waals surface area contributed by atoms with Gasteiger partial charge in [0.15, 0.2) is 6.29 Å². The van der Waals surface area contributed by atoms with E-state index in [1.54, 1.807) is 12.1 Å². The normalized spacial score (nSPS) is 19.9. The van der Waals surface area contributed by atoms with Crippen molar-refractivity contribution >= 4 is 23.4 Å². The fourth-order valence-corrected chi connectivity index (χ4v) is 2.82. The van der Waals surface area contributed by atoms with Crippen LogP contribution in [-0.2, 0) is 14.4 Å². The Kier molecular flexibility index (Phi) is 4.66. The summed E-state index contributed by atoms with van der Waals surface area (Å²) < 4.78 is 13.1. The average Bonchev–Trinajstić information content (AvgIpc) is 3.02. The highest BCUT2D eigenvalue weighted by Crippen LogP contribution is 2.25. The maximum absolute atomic E-state index is 13.1. The van der Waals surface area contributed by atoms with E-state index >= 15 is 0 Å². The van der Waals surface area contributed by atoms with Gasteiger partial charge in [-0.05, 0) is 24.3 Å². The first-order valence-corrected chi connectivity index (χ1v) is 7.79. The predicted octanol–water partition coefficient (Wildman–Crippen LogP) is -0.593. The fraction of sp³-hybridized carbons (Fsp3) is 0.312. The van der Waals surface area contributed by atoms with Gasteiger partial charge < -0.3 is 10.2 Å². The second-order valence-electron chi connectivity index (χ2n) is 5.66. The zero-order chi connectivity index (χ0) is 18.0. The summed E-state index contributed by atoms with van der Waals surface area (Å²) in [5.41, 5.74) is 3.61. The maximum atomic E-state index is 13.1. The van der Waals surface area contributed by atoms with Crippen LogP contribution >= 0.6 is 0 Å². The average molecular weight is 347 g/mol. The van der Waals surface area contributed by atoms with Crippen LogP contribution in [0, 0.1) is 5.82 Å². The summed E-state index contributed by atoms with van der Waals surface area (Å²) in [4.78, 5) is 39.5. The lowest BCUT2D eigenvalue weighted by Crippen LogP contribution is -2.68. The number of carbonyl (C=O) groups is 3. The summed E-state index contributed by atoms with van der Waals surface area (Å²) in [7, 11) is 0. The van der Waals surface area contributed by atoms with Crippen LogP contribution in [0.4, 0.5) is 10.1 Å². The van der Waals surface area contributed by atoms with Gasteiger partial charge in [-0.15, -0.1) is 6.58 Å². The first-order valence-electron chi connectivity index (χ1n) is 7.79. The summed E-state index contributed by atoms with van der Waals surface area (Å²) in [6.07, 6.45) is 0.909. The van der Waals surface area contributed by atoms with Gasteiger partial charge in [-0.2, -0.15) is 5.43 Å². The molecule has 1 aromatic rings. The molecule has 8 nitrogen and oxygen atoms in total. The molecule has 9 heteroatoms. The van der Waals surface area contributed by atoms with Gasteiger partial charge in [-0.25, -0.2) is 4.39 Å². The van der Waals surface area contributed by atoms with Gasteiger partial charge in [-0.1, -0.05) is 6.08 Å². The monoisotopic (exact) mass is 347 g/mol. The molecule has 2 heterocycles. The SMILES string of the molecule is C=CCNC(=O)CN1NC2N(CCN2c2ccc(F)cc2)C(=O)C1=O. The number of nitrogens with zero attached hydrogens (tertiary/aromatic N) is 3. The number of hydrazine groups is 1. The third-order valence-electron chi connectivity index (χ3n) is 4.04. The molecule has 0 radical (unpaired) electrons. The lowest BCUT2D eigenvalue weighted by atomic mass is 10.3. The van der Waals surface area contributed by atoms with Crippen molar-refractivity contribution in [1.82, 2.24) is 20.7 Å². The van der Waals surface area contributed by atoms with E-state index in [0.29, 0.717) is 18.8 Å². The number of hydrogen-bond donors (Lipinski definition) is 2. The third-order valence-corrected chi connectivity index (χ3v) is 4.04. The van der Waals surface area contributed by atoms with Crippen LogP contribution in [0.3, 0.4) is 0 Å². The van der Waals surface area contributed by atoms with Crippen LogP contribution in [0.15, 0.2) is 36.9 Å². The Bertz CT molecular complexity index is 708. The summed E-state index contributed by atoms with van der Waals surface area (Å²) in [6.45, 7) is 4.32. The highest BCUT2D eigenvalue weighted by molar-refractivity contribution is 6.35. The van der Waals surface area contributed by atoms with E-state index in [1.807, 2.05) is 4.90 Å². The number of anilines is 1. The maximum Gasteiger partial charge on any atom is 0.326 e. The minimum atomic E-state index is -0.786. The Morgan fingerprint density at radius 3 is 2.60 bits per heavy atom. The van der Waals surface area contributed by atoms with Gasteiger partial charge in [0.1, 0.15) is 12.4 Å². The highest BCUT2D eigenvalue weighted by Gasteiger charge is 2.45. The summed E-state index contributed by atoms with van der Waals surface area (Å²) >= 11 is 0. The topological polar surface area (TPSA) is 85.0 Å². The zero-order valence-corrected chi connectivity index (χ0v) is 13.4. The Hall–Kier alpha value is -2.94. The molecular formula is C16H18FN5O3. The van der Waals surface area contributed by atoms with E-state index in [9.17, 15) is 18.8 Å². The quantitative estimate of drug-likeness (QED) is 0.549. The van der Waals surface area contributed by atoms with Gasteiger partial charge in [0.25, 0.3) is 0 Å². The van der Waals surface area contributed by atoms with Crippen LogP contribution in [0.2, 0.25) is 0 Å². The van der Waals surface area contributed by atoms with Crippen molar-refractivity contribution in [2.45, 2.75) is 6.29 Å². The predicted molar refractivity (Wildman–Crippen MR) is 87.3 cm³/mol. The smallest absolute Gasteiger partial charge is 0.326 e. The minimum Gasteiger partial charge on any atom is -0.351 e. The van der Waals surface area contributed by atoms with E-state index in [4.69, 9.17) is 0 Å². The molecule has 3 amide bonds. The number of hydrogen-bond acceptors (Lipinski definition) is 5. The molecule has 2 saturated heterocycles. The van der Waals surface area contributed by atoms with E-state index < -0.39 is 24.0 Å². The van der Waals surface area contributed by atoms with Crippen LogP contribution in [0.1, 0.15) is 0 Å². The van der Waals surface area contributed by atoms with Crippen molar-refractivity contribution in [2.24, 2.45) is 0 Å². The Labute approximate surface area is 143 Å². The molecular weight excluding hydrogens is 329 g/mol. The molecule has 2 N–H and O–H groups in total. The Morgan fingerprint density at radius 1 is 1.24 bits per heavy atom. The summed E-state index contributed by atoms with van der Waals surface area (Å²) in [5.74, 6) is -2.23. The Balaban J connectivity index is 1.76. The molecule has 0 aliphatic carbocycles. The molecule has 3 rings (SSSR count). The van der Waals surface area contributed by atoms with Crippen molar-refractivity contribution in [3.63, 3.8) is 0 Å². The molecule has 0 saturated carbocycles. The minimum absolute atomic E-state index is 0.270. The van der Waals surface area contributed by atoms with Gasteiger partial charge >= 0.3 is 11.8 Å². The van der Waals surface area contributed by atoms with Crippen LogP contribution in [-0.4, -0.2) is 60.1 Å². The second kappa shape index (κ2) is 6.89. The van der Waals surface area contributed by atoms with E-state index in [1.165, 1.54) is 23.1 Å². The van der Waals surface area contributed by atoms with Crippen LogP contribution in [0.5, 0.6) is 0 Å². The van der Waals surface area contributed by atoms with Crippen LogP contribution < -0.4 is 15.6 Å². The van der Waals surface area contributed by atoms with Crippen molar-refractivity contribution in [3.05, 3.63) is 42.7 Å². The molecule has 1 unspecified atom stereocenters. The summed E-state index contributed by atoms with van der Waals surface area (Å²) in [5, 5.41) is 3.56. The van der Waals surface area contributed by atoms with E-state index in [0.717, 1.165) is 5.01 Å². The number of rotatable bonds is 5. The van der Waals surface area contributed by atoms with Crippen LogP contribution in [0.25, 0.3) is 0 Å². The second-order valence-corrected chi connectivity index (χ2v) is 5.66. The molecule has 1 atom stereocenters. The van der Waals surface area contributed by atoms with E-state index in [-0.39, 0.29) is 18.9 Å². The zero-order valence-electron chi connectivity index (χ0n) is 13.4. The number of nitrogens with one attached hydrogen (secondary N) is 2. The standard InChI is InChI=1S/C16H18FN5O3/c1-2-7-18-13(23)10-22-15(25)14(24)21-9-8-20(16(21)19-22)12-5-3-11(17)4-6-12/h2-6,16,19H,1,7-10H2,(H,18,23).